The van der Waals surface area contributed by atoms with Crippen molar-refractivity contribution in [2.24, 2.45) is 0 Å². The lowest BCUT2D eigenvalue weighted by molar-refractivity contribution is -0.161. The second kappa shape index (κ2) is 2.64. The highest BCUT2D eigenvalue weighted by atomic mass is 16.7. The highest BCUT2D eigenvalue weighted by Crippen LogP contribution is 2.02. The zero-order chi connectivity index (χ0) is 6.69. The van der Waals surface area contributed by atoms with E-state index in [0.29, 0.717) is 6.61 Å². The van der Waals surface area contributed by atoms with E-state index in [2.05, 4.69) is 6.92 Å². The van der Waals surface area contributed by atoms with Gasteiger partial charge in [-0.1, -0.05) is 0 Å². The monoisotopic (exact) mass is 126 g/mol. The van der Waals surface area contributed by atoms with E-state index < -0.39 is 0 Å². The Morgan fingerprint density at radius 1 is 1.89 bits per heavy atom. The summed E-state index contributed by atoms with van der Waals surface area (Å²) in [4.78, 5) is 15.5. The van der Waals surface area contributed by atoms with Crippen molar-refractivity contribution < 1.29 is 9.63 Å². The van der Waals surface area contributed by atoms with Crippen LogP contribution in [0.5, 0.6) is 0 Å². The molecule has 1 rings (SSSR count). The van der Waals surface area contributed by atoms with Crippen molar-refractivity contribution in [3.8, 4) is 0 Å². The van der Waals surface area contributed by atoms with E-state index in [1.165, 1.54) is 5.06 Å². The third kappa shape index (κ3) is 1.29. The number of hydrogen-bond donors (Lipinski definition) is 0. The maximum Gasteiger partial charge on any atom is 0.250 e. The Hall–Kier alpha value is -0.830. The largest absolute Gasteiger partial charge is 0.272 e. The van der Waals surface area contributed by atoms with Gasteiger partial charge < -0.3 is 0 Å². The number of rotatable bonds is 1. The minimum absolute atomic E-state index is 0.108. The lowest BCUT2D eigenvalue weighted by atomic mass is 10.4. The van der Waals surface area contributed by atoms with Crippen LogP contribution in [0.4, 0.5) is 0 Å². The van der Waals surface area contributed by atoms with E-state index >= 15 is 0 Å². The topological polar surface area (TPSA) is 29.5 Å². The van der Waals surface area contributed by atoms with Crippen molar-refractivity contribution in [3.05, 3.63) is 19.2 Å². The molecule has 0 aromatic carbocycles. The van der Waals surface area contributed by atoms with E-state index in [9.17, 15) is 4.79 Å². The first-order valence-electron chi connectivity index (χ1n) is 2.75. The van der Waals surface area contributed by atoms with Crippen molar-refractivity contribution >= 4 is 5.91 Å². The van der Waals surface area contributed by atoms with Crippen molar-refractivity contribution in [2.45, 2.75) is 6.42 Å². The van der Waals surface area contributed by atoms with Gasteiger partial charge in [-0.05, 0) is 13.0 Å². The summed E-state index contributed by atoms with van der Waals surface area (Å²) in [5, 5.41) is 1.20. The summed E-state index contributed by atoms with van der Waals surface area (Å²) in [5.41, 5.74) is 0. The third-order valence-electron chi connectivity index (χ3n) is 1.01. The number of nitrogens with zero attached hydrogens (tertiary/aromatic N) is 1. The van der Waals surface area contributed by atoms with E-state index in [1.807, 2.05) is 0 Å². The van der Waals surface area contributed by atoms with Crippen LogP contribution in [0, 0.1) is 6.92 Å². The third-order valence-corrected chi connectivity index (χ3v) is 1.01. The van der Waals surface area contributed by atoms with Gasteiger partial charge in [-0.3, -0.25) is 9.63 Å². The Labute approximate surface area is 53.9 Å². The zero-order valence-corrected chi connectivity index (χ0v) is 5.04. The molecule has 0 atom stereocenters. The molecule has 0 unspecified atom stereocenters. The molecule has 0 aliphatic carbocycles. The van der Waals surface area contributed by atoms with Crippen LogP contribution in [0.3, 0.4) is 0 Å². The standard InChI is InChI=1S/C6H8NO2/c1-2-6(8)7-4-3-5-9-7/h3-4H,1-2,5H2. The first-order valence-corrected chi connectivity index (χ1v) is 2.75. The van der Waals surface area contributed by atoms with Crippen LogP contribution in [-0.2, 0) is 9.63 Å². The number of carbonyl (C=O) groups excluding carboxylic acids is 1. The molecule has 3 heteroatoms. The molecule has 49 valence electrons. The van der Waals surface area contributed by atoms with Crippen LogP contribution in [-0.4, -0.2) is 17.6 Å². The first-order chi connectivity index (χ1) is 4.34. The summed E-state index contributed by atoms with van der Waals surface area (Å²) in [7, 11) is 0. The summed E-state index contributed by atoms with van der Waals surface area (Å²) < 4.78 is 0. The van der Waals surface area contributed by atoms with Gasteiger partial charge in [-0.25, -0.2) is 0 Å². The van der Waals surface area contributed by atoms with Gasteiger partial charge in [-0.15, -0.1) is 0 Å². The van der Waals surface area contributed by atoms with Crippen molar-refractivity contribution in [1.29, 1.82) is 0 Å². The molecule has 0 aromatic rings. The van der Waals surface area contributed by atoms with Crippen LogP contribution in [0.15, 0.2) is 12.3 Å². The average molecular weight is 126 g/mol. The number of hydroxylamine groups is 2. The maximum atomic E-state index is 10.7. The molecular formula is C6H8NO2. The molecule has 9 heavy (non-hydrogen) atoms. The number of amides is 1. The van der Waals surface area contributed by atoms with Crippen LogP contribution in [0.25, 0.3) is 0 Å². The second-order valence-electron chi connectivity index (χ2n) is 1.65. The van der Waals surface area contributed by atoms with Crippen LogP contribution >= 0.6 is 0 Å². The normalized spacial score (nSPS) is 16.8. The minimum Gasteiger partial charge on any atom is -0.272 e. The van der Waals surface area contributed by atoms with Gasteiger partial charge in [0.25, 0.3) is 0 Å². The van der Waals surface area contributed by atoms with Crippen molar-refractivity contribution in [1.82, 2.24) is 5.06 Å². The molecular weight excluding hydrogens is 118 g/mol. The van der Waals surface area contributed by atoms with E-state index in [4.69, 9.17) is 4.84 Å². The van der Waals surface area contributed by atoms with Crippen LogP contribution in [0.1, 0.15) is 6.42 Å². The van der Waals surface area contributed by atoms with Crippen molar-refractivity contribution in [3.63, 3.8) is 0 Å². The van der Waals surface area contributed by atoms with Gasteiger partial charge in [-0.2, -0.15) is 5.06 Å². The highest BCUT2D eigenvalue weighted by molar-refractivity contribution is 5.76. The Morgan fingerprint density at radius 3 is 3.11 bits per heavy atom. The van der Waals surface area contributed by atoms with Gasteiger partial charge in [0.05, 0.1) is 6.61 Å². The summed E-state index contributed by atoms with van der Waals surface area (Å²) in [6.45, 7) is 3.92. The molecule has 1 aliphatic rings. The summed E-state index contributed by atoms with van der Waals surface area (Å²) in [6.07, 6.45) is 3.62. The summed E-state index contributed by atoms with van der Waals surface area (Å²) in [6, 6.07) is 0. The molecule has 3 nitrogen and oxygen atoms in total. The second-order valence-corrected chi connectivity index (χ2v) is 1.65. The smallest absolute Gasteiger partial charge is 0.250 e. The predicted molar refractivity (Wildman–Crippen MR) is 31.9 cm³/mol. The maximum absolute atomic E-state index is 10.7. The summed E-state index contributed by atoms with van der Waals surface area (Å²) >= 11 is 0. The quantitative estimate of drug-likeness (QED) is 0.512. The first kappa shape index (κ1) is 6.29. The molecule has 0 saturated heterocycles. The van der Waals surface area contributed by atoms with Gasteiger partial charge >= 0.3 is 0 Å². The van der Waals surface area contributed by atoms with E-state index in [-0.39, 0.29) is 12.3 Å². The summed E-state index contributed by atoms with van der Waals surface area (Å²) in [5.74, 6) is -0.108. The van der Waals surface area contributed by atoms with E-state index in [0.717, 1.165) is 0 Å². The molecule has 1 amide bonds. The van der Waals surface area contributed by atoms with Crippen LogP contribution in [0.2, 0.25) is 0 Å². The van der Waals surface area contributed by atoms with E-state index in [1.54, 1.807) is 12.3 Å². The fourth-order valence-corrected chi connectivity index (χ4v) is 0.570. The molecule has 0 N–H and O–H groups in total. The fourth-order valence-electron chi connectivity index (χ4n) is 0.570. The number of hydrogen-bond acceptors (Lipinski definition) is 2. The lowest BCUT2D eigenvalue weighted by Crippen LogP contribution is -2.21. The molecule has 0 aromatic heterocycles. The van der Waals surface area contributed by atoms with Gasteiger partial charge in [0.15, 0.2) is 0 Å². The highest BCUT2D eigenvalue weighted by Gasteiger charge is 2.11. The SMILES string of the molecule is [CH2]CC(=O)N1C=CCO1. The van der Waals surface area contributed by atoms with Crippen LogP contribution < -0.4 is 0 Å². The minimum atomic E-state index is -0.108. The lowest BCUT2D eigenvalue weighted by Gasteiger charge is -2.09. The fraction of sp³-hybridized carbons (Fsp3) is 0.333. The number of carbonyl (C=O) groups is 1. The molecule has 1 radical (unpaired) electrons. The molecule has 1 aliphatic heterocycles. The van der Waals surface area contributed by atoms with Crippen molar-refractivity contribution in [2.75, 3.05) is 6.61 Å². The molecule has 0 spiro atoms. The molecule has 1 heterocycles. The Morgan fingerprint density at radius 2 is 2.67 bits per heavy atom. The Bertz CT molecular complexity index is 142. The zero-order valence-electron chi connectivity index (χ0n) is 5.04. The Balaban J connectivity index is 2.43. The Kier molecular flexibility index (Phi) is 1.85. The van der Waals surface area contributed by atoms with Gasteiger partial charge in [0, 0.05) is 12.6 Å². The molecule has 0 fully saturated rings. The van der Waals surface area contributed by atoms with Gasteiger partial charge in [0.1, 0.15) is 0 Å². The van der Waals surface area contributed by atoms with Gasteiger partial charge in [0.2, 0.25) is 5.91 Å². The predicted octanol–water partition coefficient (Wildman–Crippen LogP) is 0.498. The average Bonchev–Trinajstić information content (AvgIpc) is 2.37. The molecule has 0 saturated carbocycles. The molecule has 0 bridgehead atoms.